The SMILES string of the molecule is CCNC(C)(CCCOCCCc1ccccc1)C(N)=O. The molecule has 1 atom stereocenters. The highest BCUT2D eigenvalue weighted by molar-refractivity contribution is 5.84. The number of likely N-dealkylation sites (N-methyl/N-ethyl adjacent to an activating group) is 1. The molecule has 0 aliphatic heterocycles. The summed E-state index contributed by atoms with van der Waals surface area (Å²) in [5, 5.41) is 3.15. The monoisotopic (exact) mass is 292 g/mol. The standard InChI is InChI=1S/C17H28N2O2/c1-3-19-17(2,16(18)20)12-8-14-21-13-7-11-15-9-5-4-6-10-15/h4-6,9-10,19H,3,7-8,11-14H2,1-2H3,(H2,18,20). The third-order valence-corrected chi connectivity index (χ3v) is 3.67. The Morgan fingerprint density at radius 1 is 1.24 bits per heavy atom. The molecule has 1 aromatic carbocycles. The van der Waals surface area contributed by atoms with Gasteiger partial charge >= 0.3 is 0 Å². The number of aryl methyl sites for hydroxylation is 1. The van der Waals surface area contributed by atoms with Gasteiger partial charge in [-0.2, -0.15) is 0 Å². The van der Waals surface area contributed by atoms with E-state index in [4.69, 9.17) is 10.5 Å². The van der Waals surface area contributed by atoms with Crippen LogP contribution in [0.4, 0.5) is 0 Å². The normalized spacial score (nSPS) is 13.8. The van der Waals surface area contributed by atoms with Crippen molar-refractivity contribution in [3.05, 3.63) is 35.9 Å². The molecule has 1 rings (SSSR count). The van der Waals surface area contributed by atoms with Gasteiger partial charge in [0.15, 0.2) is 0 Å². The molecular formula is C17H28N2O2. The van der Waals surface area contributed by atoms with Crippen molar-refractivity contribution in [2.24, 2.45) is 5.73 Å². The van der Waals surface area contributed by atoms with Crippen molar-refractivity contribution in [3.63, 3.8) is 0 Å². The number of amides is 1. The number of benzene rings is 1. The second kappa shape index (κ2) is 9.53. The van der Waals surface area contributed by atoms with E-state index in [1.54, 1.807) is 0 Å². The number of ether oxygens (including phenoxy) is 1. The van der Waals surface area contributed by atoms with E-state index in [0.717, 1.165) is 32.4 Å². The molecule has 0 fully saturated rings. The Morgan fingerprint density at radius 2 is 1.90 bits per heavy atom. The van der Waals surface area contributed by atoms with Crippen LogP contribution in [0.3, 0.4) is 0 Å². The molecule has 0 aromatic heterocycles. The summed E-state index contributed by atoms with van der Waals surface area (Å²) in [6.45, 7) is 5.99. The van der Waals surface area contributed by atoms with E-state index in [0.29, 0.717) is 13.0 Å². The molecule has 0 bridgehead atoms. The van der Waals surface area contributed by atoms with Crippen molar-refractivity contribution in [1.29, 1.82) is 0 Å². The predicted octanol–water partition coefficient (Wildman–Crippen LogP) is 2.27. The lowest BCUT2D eigenvalue weighted by Crippen LogP contribution is -2.53. The van der Waals surface area contributed by atoms with Crippen molar-refractivity contribution >= 4 is 5.91 Å². The molecule has 0 aliphatic rings. The molecule has 1 aromatic rings. The first-order valence-corrected chi connectivity index (χ1v) is 7.75. The van der Waals surface area contributed by atoms with Crippen LogP contribution in [0.25, 0.3) is 0 Å². The van der Waals surface area contributed by atoms with Crippen LogP contribution in [-0.4, -0.2) is 31.2 Å². The number of nitrogens with two attached hydrogens (primary N) is 1. The van der Waals surface area contributed by atoms with Gasteiger partial charge in [0.1, 0.15) is 0 Å². The minimum Gasteiger partial charge on any atom is -0.381 e. The van der Waals surface area contributed by atoms with Gasteiger partial charge < -0.3 is 15.8 Å². The van der Waals surface area contributed by atoms with Crippen molar-refractivity contribution in [2.45, 2.75) is 45.1 Å². The minimum atomic E-state index is -0.623. The van der Waals surface area contributed by atoms with E-state index < -0.39 is 5.54 Å². The lowest BCUT2D eigenvalue weighted by Gasteiger charge is -2.26. The van der Waals surface area contributed by atoms with E-state index in [-0.39, 0.29) is 5.91 Å². The summed E-state index contributed by atoms with van der Waals surface area (Å²) in [5.41, 5.74) is 6.16. The predicted molar refractivity (Wildman–Crippen MR) is 86.1 cm³/mol. The van der Waals surface area contributed by atoms with Crippen LogP contribution in [0, 0.1) is 0 Å². The molecule has 0 saturated carbocycles. The maximum absolute atomic E-state index is 11.5. The molecule has 21 heavy (non-hydrogen) atoms. The quantitative estimate of drug-likeness (QED) is 0.615. The van der Waals surface area contributed by atoms with Crippen LogP contribution in [-0.2, 0) is 16.0 Å². The fourth-order valence-corrected chi connectivity index (χ4v) is 2.34. The molecule has 3 N–H and O–H groups in total. The first-order chi connectivity index (χ1) is 10.1. The van der Waals surface area contributed by atoms with Gasteiger partial charge in [-0.1, -0.05) is 37.3 Å². The number of hydrogen-bond donors (Lipinski definition) is 2. The number of carbonyl (C=O) groups is 1. The highest BCUT2D eigenvalue weighted by Gasteiger charge is 2.28. The van der Waals surface area contributed by atoms with Crippen LogP contribution in [0.5, 0.6) is 0 Å². The van der Waals surface area contributed by atoms with E-state index in [9.17, 15) is 4.79 Å². The van der Waals surface area contributed by atoms with Crippen molar-refractivity contribution in [3.8, 4) is 0 Å². The summed E-state index contributed by atoms with van der Waals surface area (Å²) in [7, 11) is 0. The van der Waals surface area contributed by atoms with Crippen molar-refractivity contribution in [1.82, 2.24) is 5.32 Å². The Hall–Kier alpha value is -1.39. The Balaban J connectivity index is 2.10. The Morgan fingerprint density at radius 3 is 2.52 bits per heavy atom. The first kappa shape index (κ1) is 17.7. The van der Waals surface area contributed by atoms with Gasteiger partial charge in [0.2, 0.25) is 5.91 Å². The van der Waals surface area contributed by atoms with Crippen LogP contribution in [0.1, 0.15) is 38.7 Å². The number of rotatable bonds is 11. The Kier molecular flexibility index (Phi) is 8.01. The molecule has 0 radical (unpaired) electrons. The number of carbonyl (C=O) groups excluding carboxylic acids is 1. The zero-order valence-corrected chi connectivity index (χ0v) is 13.2. The third-order valence-electron chi connectivity index (χ3n) is 3.67. The molecule has 4 heteroatoms. The number of primary amides is 1. The van der Waals surface area contributed by atoms with Gasteiger partial charge in [-0.15, -0.1) is 0 Å². The average Bonchev–Trinajstić information content (AvgIpc) is 2.47. The van der Waals surface area contributed by atoms with Gasteiger partial charge in [0.05, 0.1) is 5.54 Å². The highest BCUT2D eigenvalue weighted by atomic mass is 16.5. The maximum Gasteiger partial charge on any atom is 0.237 e. The van der Waals surface area contributed by atoms with Gasteiger partial charge in [-0.25, -0.2) is 0 Å². The van der Waals surface area contributed by atoms with Crippen LogP contribution in [0.2, 0.25) is 0 Å². The van der Waals surface area contributed by atoms with Gasteiger partial charge in [0, 0.05) is 13.2 Å². The number of nitrogens with one attached hydrogen (secondary N) is 1. The molecule has 0 saturated heterocycles. The summed E-state index contributed by atoms with van der Waals surface area (Å²) in [6.07, 6.45) is 3.59. The Labute approximate surface area is 128 Å². The van der Waals surface area contributed by atoms with Crippen LogP contribution in [0.15, 0.2) is 30.3 Å². The second-order valence-corrected chi connectivity index (χ2v) is 5.53. The van der Waals surface area contributed by atoms with Gasteiger partial charge in [-0.05, 0) is 44.7 Å². The first-order valence-electron chi connectivity index (χ1n) is 7.75. The molecule has 0 heterocycles. The van der Waals surface area contributed by atoms with E-state index >= 15 is 0 Å². The lowest BCUT2D eigenvalue weighted by atomic mass is 9.95. The fraction of sp³-hybridized carbons (Fsp3) is 0.588. The van der Waals surface area contributed by atoms with Crippen molar-refractivity contribution in [2.75, 3.05) is 19.8 Å². The fourth-order valence-electron chi connectivity index (χ4n) is 2.34. The van der Waals surface area contributed by atoms with Crippen molar-refractivity contribution < 1.29 is 9.53 Å². The van der Waals surface area contributed by atoms with E-state index in [1.807, 2.05) is 19.9 Å². The zero-order valence-electron chi connectivity index (χ0n) is 13.2. The van der Waals surface area contributed by atoms with Gasteiger partial charge in [0.25, 0.3) is 0 Å². The largest absolute Gasteiger partial charge is 0.381 e. The van der Waals surface area contributed by atoms with E-state index in [2.05, 4.69) is 29.6 Å². The second-order valence-electron chi connectivity index (χ2n) is 5.53. The van der Waals surface area contributed by atoms with Gasteiger partial charge in [-0.3, -0.25) is 4.79 Å². The molecule has 1 amide bonds. The molecule has 0 spiro atoms. The van der Waals surface area contributed by atoms with Crippen LogP contribution < -0.4 is 11.1 Å². The third kappa shape index (κ3) is 6.74. The zero-order chi connectivity index (χ0) is 15.6. The topological polar surface area (TPSA) is 64.3 Å². The van der Waals surface area contributed by atoms with E-state index in [1.165, 1.54) is 5.56 Å². The summed E-state index contributed by atoms with van der Waals surface area (Å²) < 4.78 is 5.63. The van der Waals surface area contributed by atoms with Crippen LogP contribution >= 0.6 is 0 Å². The lowest BCUT2D eigenvalue weighted by molar-refractivity contribution is -0.124. The molecular weight excluding hydrogens is 264 g/mol. The summed E-state index contributed by atoms with van der Waals surface area (Å²) in [4.78, 5) is 11.5. The summed E-state index contributed by atoms with van der Waals surface area (Å²) in [6, 6.07) is 10.4. The molecule has 1 unspecified atom stereocenters. The highest BCUT2D eigenvalue weighted by Crippen LogP contribution is 2.12. The summed E-state index contributed by atoms with van der Waals surface area (Å²) in [5.74, 6) is -0.298. The molecule has 4 nitrogen and oxygen atoms in total. The smallest absolute Gasteiger partial charge is 0.237 e. The molecule has 0 aliphatic carbocycles. The summed E-state index contributed by atoms with van der Waals surface area (Å²) >= 11 is 0. The Bertz CT molecular complexity index is 409. The maximum atomic E-state index is 11.5. The number of hydrogen-bond acceptors (Lipinski definition) is 3. The average molecular weight is 292 g/mol. The molecule has 118 valence electrons. The minimum absolute atomic E-state index is 0.298.